The lowest BCUT2D eigenvalue weighted by Crippen LogP contribution is -2.30. The van der Waals surface area contributed by atoms with Crippen LogP contribution >= 0.6 is 0 Å². The number of rotatable bonds is 4. The Morgan fingerprint density at radius 2 is 1.86 bits per heavy atom. The van der Waals surface area contributed by atoms with Gasteiger partial charge in [0.1, 0.15) is 5.82 Å². The van der Waals surface area contributed by atoms with Gasteiger partial charge in [0.15, 0.2) is 0 Å². The molecule has 0 bridgehead atoms. The van der Waals surface area contributed by atoms with Crippen LogP contribution in [0.25, 0.3) is 10.9 Å². The van der Waals surface area contributed by atoms with Gasteiger partial charge in [0.05, 0.1) is 5.52 Å². The quantitative estimate of drug-likeness (QED) is 0.847. The van der Waals surface area contributed by atoms with Gasteiger partial charge in [0, 0.05) is 24.2 Å². The van der Waals surface area contributed by atoms with Crippen molar-refractivity contribution < 1.29 is 0 Å². The number of benzene rings is 1. The van der Waals surface area contributed by atoms with E-state index in [9.17, 15) is 0 Å². The highest BCUT2D eigenvalue weighted by Crippen LogP contribution is 2.18. The fraction of sp³-hybridized carbons (Fsp3) is 0.471. The molecule has 3 N–H and O–H groups in total. The molecule has 3 rings (SSSR count). The predicted octanol–water partition coefficient (Wildman–Crippen LogP) is 3.10. The Hall–Kier alpha value is -1.81. The van der Waals surface area contributed by atoms with Gasteiger partial charge in [-0.05, 0) is 56.3 Å². The minimum absolute atomic E-state index is 0.783. The third-order valence-electron chi connectivity index (χ3n) is 4.15. The molecule has 112 valence electrons. The van der Waals surface area contributed by atoms with Crippen molar-refractivity contribution in [1.82, 2.24) is 9.88 Å². The number of hydrogen-bond donors (Lipinski definition) is 2. The summed E-state index contributed by atoms with van der Waals surface area (Å²) < 4.78 is 0. The number of hydrogen-bond acceptors (Lipinski definition) is 4. The molecular weight excluding hydrogens is 260 g/mol. The average molecular weight is 284 g/mol. The molecule has 1 aromatic heterocycles. The smallest absolute Gasteiger partial charge is 0.126 e. The summed E-state index contributed by atoms with van der Waals surface area (Å²) in [6, 6.07) is 9.95. The molecule has 0 radical (unpaired) electrons. The van der Waals surface area contributed by atoms with Gasteiger partial charge in [-0.15, -0.1) is 0 Å². The first-order chi connectivity index (χ1) is 10.3. The van der Waals surface area contributed by atoms with E-state index in [0.717, 1.165) is 35.5 Å². The molecule has 0 aliphatic carbocycles. The van der Waals surface area contributed by atoms with E-state index < -0.39 is 0 Å². The molecule has 1 saturated heterocycles. The van der Waals surface area contributed by atoms with Crippen LogP contribution in [-0.2, 0) is 0 Å². The van der Waals surface area contributed by atoms with E-state index in [0.29, 0.717) is 0 Å². The lowest BCUT2D eigenvalue weighted by atomic mass is 10.2. The molecule has 4 heteroatoms. The van der Waals surface area contributed by atoms with Crippen LogP contribution in [-0.4, -0.2) is 36.1 Å². The van der Waals surface area contributed by atoms with Crippen molar-refractivity contribution in [1.29, 1.82) is 0 Å². The van der Waals surface area contributed by atoms with Crippen molar-refractivity contribution in [2.24, 2.45) is 0 Å². The number of fused-ring (bicyclic) bond motifs is 1. The summed E-state index contributed by atoms with van der Waals surface area (Å²) in [5, 5.41) is 4.53. The minimum atomic E-state index is 0.783. The molecule has 0 spiro atoms. The molecule has 0 amide bonds. The molecule has 21 heavy (non-hydrogen) atoms. The first kappa shape index (κ1) is 14.1. The van der Waals surface area contributed by atoms with Crippen LogP contribution in [0, 0.1) is 0 Å². The Labute approximate surface area is 126 Å². The van der Waals surface area contributed by atoms with Crippen LogP contribution in [0.2, 0.25) is 0 Å². The number of pyridine rings is 1. The van der Waals surface area contributed by atoms with E-state index in [4.69, 9.17) is 5.73 Å². The van der Waals surface area contributed by atoms with Gasteiger partial charge in [-0.2, -0.15) is 0 Å². The lowest BCUT2D eigenvalue weighted by molar-refractivity contribution is 0.296. The van der Waals surface area contributed by atoms with Crippen LogP contribution in [0.15, 0.2) is 30.3 Å². The first-order valence-electron chi connectivity index (χ1n) is 7.94. The largest absolute Gasteiger partial charge is 0.399 e. The molecule has 1 aliphatic rings. The van der Waals surface area contributed by atoms with Gasteiger partial charge in [0.2, 0.25) is 0 Å². The van der Waals surface area contributed by atoms with Crippen LogP contribution in [0.3, 0.4) is 0 Å². The second-order valence-electron chi connectivity index (χ2n) is 5.83. The summed E-state index contributed by atoms with van der Waals surface area (Å²) in [5.74, 6) is 0.946. The van der Waals surface area contributed by atoms with Gasteiger partial charge >= 0.3 is 0 Å². The monoisotopic (exact) mass is 284 g/mol. The van der Waals surface area contributed by atoms with Gasteiger partial charge < -0.3 is 16.0 Å². The van der Waals surface area contributed by atoms with E-state index in [1.165, 1.54) is 38.8 Å². The lowest BCUT2D eigenvalue weighted by Gasteiger charge is -2.19. The van der Waals surface area contributed by atoms with Crippen molar-refractivity contribution in [2.75, 3.05) is 37.2 Å². The maximum atomic E-state index is 5.79. The summed E-state index contributed by atoms with van der Waals surface area (Å²) in [6.45, 7) is 4.53. The zero-order chi connectivity index (χ0) is 14.5. The van der Waals surface area contributed by atoms with Crippen molar-refractivity contribution in [3.8, 4) is 0 Å². The Morgan fingerprint density at radius 3 is 2.67 bits per heavy atom. The van der Waals surface area contributed by atoms with Crippen LogP contribution in [0.5, 0.6) is 0 Å². The number of anilines is 2. The second kappa shape index (κ2) is 6.76. The highest BCUT2D eigenvalue weighted by atomic mass is 15.1. The van der Waals surface area contributed by atoms with E-state index in [1.807, 2.05) is 24.3 Å². The maximum absolute atomic E-state index is 5.79. The van der Waals surface area contributed by atoms with Crippen molar-refractivity contribution >= 4 is 22.4 Å². The molecule has 0 saturated carbocycles. The van der Waals surface area contributed by atoms with E-state index >= 15 is 0 Å². The molecule has 1 aliphatic heterocycles. The summed E-state index contributed by atoms with van der Waals surface area (Å²) >= 11 is 0. The second-order valence-corrected chi connectivity index (χ2v) is 5.83. The highest BCUT2D eigenvalue weighted by molar-refractivity contribution is 5.83. The average Bonchev–Trinajstić information content (AvgIpc) is 2.76. The molecular formula is C17H24N4. The van der Waals surface area contributed by atoms with Gasteiger partial charge in [-0.3, -0.25) is 0 Å². The fourth-order valence-corrected chi connectivity index (χ4v) is 2.94. The van der Waals surface area contributed by atoms with Crippen molar-refractivity contribution in [2.45, 2.75) is 25.7 Å². The van der Waals surface area contributed by atoms with Crippen LogP contribution < -0.4 is 11.1 Å². The zero-order valence-corrected chi connectivity index (χ0v) is 12.5. The number of nitrogens with zero attached hydrogens (tertiary/aromatic N) is 2. The predicted molar refractivity (Wildman–Crippen MR) is 89.6 cm³/mol. The highest BCUT2D eigenvalue weighted by Gasteiger charge is 2.08. The van der Waals surface area contributed by atoms with Crippen molar-refractivity contribution in [3.05, 3.63) is 30.3 Å². The molecule has 0 unspecified atom stereocenters. The summed E-state index contributed by atoms with van der Waals surface area (Å²) in [7, 11) is 0. The molecule has 4 nitrogen and oxygen atoms in total. The maximum Gasteiger partial charge on any atom is 0.126 e. The standard InChI is InChI=1S/C17H24N4/c18-15-6-7-16-14(13-15)5-8-17(20-16)19-9-12-21-10-3-1-2-4-11-21/h5-8,13H,1-4,9-12,18H2,(H,19,20). The summed E-state index contributed by atoms with van der Waals surface area (Å²) in [6.07, 6.45) is 5.46. The Morgan fingerprint density at radius 1 is 1.05 bits per heavy atom. The van der Waals surface area contributed by atoms with Gasteiger partial charge in [-0.1, -0.05) is 12.8 Å². The van der Waals surface area contributed by atoms with Gasteiger partial charge in [0.25, 0.3) is 0 Å². The molecule has 2 aromatic rings. The normalized spacial score (nSPS) is 16.8. The topological polar surface area (TPSA) is 54.2 Å². The van der Waals surface area contributed by atoms with E-state index in [-0.39, 0.29) is 0 Å². The van der Waals surface area contributed by atoms with Crippen molar-refractivity contribution in [3.63, 3.8) is 0 Å². The SMILES string of the molecule is Nc1ccc2nc(NCCN3CCCCCC3)ccc2c1. The third-order valence-corrected chi connectivity index (χ3v) is 4.15. The fourth-order valence-electron chi connectivity index (χ4n) is 2.94. The summed E-state index contributed by atoms with van der Waals surface area (Å²) in [5.41, 5.74) is 7.56. The molecule has 1 aromatic carbocycles. The third kappa shape index (κ3) is 3.85. The summed E-state index contributed by atoms with van der Waals surface area (Å²) in [4.78, 5) is 7.19. The zero-order valence-electron chi connectivity index (χ0n) is 12.5. The molecule has 1 fully saturated rings. The van der Waals surface area contributed by atoms with Gasteiger partial charge in [-0.25, -0.2) is 4.98 Å². The number of nitrogens with one attached hydrogen (secondary N) is 1. The minimum Gasteiger partial charge on any atom is -0.399 e. The number of nitrogens with two attached hydrogens (primary N) is 1. The Bertz CT molecular complexity index is 588. The van der Waals surface area contributed by atoms with E-state index in [1.54, 1.807) is 0 Å². The Kier molecular flexibility index (Phi) is 4.55. The molecule has 0 atom stereocenters. The number of aromatic nitrogens is 1. The first-order valence-corrected chi connectivity index (χ1v) is 7.94. The molecule has 2 heterocycles. The Balaban J connectivity index is 1.56. The van der Waals surface area contributed by atoms with Crippen LogP contribution in [0.4, 0.5) is 11.5 Å². The number of nitrogen functional groups attached to an aromatic ring is 1. The number of likely N-dealkylation sites (tertiary alicyclic amines) is 1. The van der Waals surface area contributed by atoms with E-state index in [2.05, 4.69) is 21.3 Å². The van der Waals surface area contributed by atoms with Crippen LogP contribution in [0.1, 0.15) is 25.7 Å².